The van der Waals surface area contributed by atoms with Crippen LogP contribution in [0.2, 0.25) is 0 Å². The quantitative estimate of drug-likeness (QED) is 0.875. The molecule has 110 valence electrons. The van der Waals surface area contributed by atoms with Crippen LogP contribution in [0.15, 0.2) is 11.4 Å². The number of hydrogen-bond donors (Lipinski definition) is 2. The third-order valence-corrected chi connectivity index (χ3v) is 4.79. The van der Waals surface area contributed by atoms with Crippen LogP contribution in [0.1, 0.15) is 41.8 Å². The van der Waals surface area contributed by atoms with Crippen LogP contribution in [0.5, 0.6) is 5.75 Å². The Bertz CT molecular complexity index is 491. The number of ether oxygens (including phenoxy) is 1. The molecule has 0 aliphatic heterocycles. The van der Waals surface area contributed by atoms with Crippen molar-refractivity contribution in [1.82, 2.24) is 5.32 Å². The maximum atomic E-state index is 12.0. The molecule has 2 N–H and O–H groups in total. The van der Waals surface area contributed by atoms with Crippen molar-refractivity contribution in [3.8, 4) is 5.75 Å². The first kappa shape index (κ1) is 14.8. The molecular formula is C14H19NO4S. The van der Waals surface area contributed by atoms with Gasteiger partial charge < -0.3 is 15.2 Å². The average Bonchev–Trinajstić information content (AvgIpc) is 2.94. The maximum absolute atomic E-state index is 12.0. The topological polar surface area (TPSA) is 75.6 Å². The highest BCUT2D eigenvalue weighted by Gasteiger charge is 2.39. The minimum Gasteiger partial charge on any atom is -0.496 e. The van der Waals surface area contributed by atoms with E-state index in [2.05, 4.69) is 5.32 Å². The van der Waals surface area contributed by atoms with Crippen molar-refractivity contribution in [3.63, 3.8) is 0 Å². The summed E-state index contributed by atoms with van der Waals surface area (Å²) in [5, 5.41) is 14.0. The van der Waals surface area contributed by atoms with E-state index in [4.69, 9.17) is 4.74 Å². The molecule has 1 aliphatic rings. The Labute approximate surface area is 121 Å². The summed E-state index contributed by atoms with van der Waals surface area (Å²) in [5.74, 6) is -0.392. The van der Waals surface area contributed by atoms with Crippen molar-refractivity contribution < 1.29 is 19.4 Å². The van der Waals surface area contributed by atoms with E-state index in [-0.39, 0.29) is 12.5 Å². The fraction of sp³-hybridized carbons (Fsp3) is 0.571. The molecule has 1 aromatic heterocycles. The smallest absolute Gasteiger partial charge is 0.311 e. The molecule has 1 fully saturated rings. The van der Waals surface area contributed by atoms with Crippen LogP contribution in [0.3, 0.4) is 0 Å². The molecule has 0 radical (unpaired) electrons. The first-order chi connectivity index (χ1) is 9.57. The van der Waals surface area contributed by atoms with Gasteiger partial charge in [0.1, 0.15) is 5.75 Å². The molecular weight excluding hydrogens is 278 g/mol. The molecule has 1 saturated carbocycles. The zero-order valence-electron chi connectivity index (χ0n) is 11.5. The van der Waals surface area contributed by atoms with Gasteiger partial charge in [0.2, 0.25) is 0 Å². The summed E-state index contributed by atoms with van der Waals surface area (Å²) in [6.45, 7) is 0.196. The highest BCUT2D eigenvalue weighted by Crippen LogP contribution is 2.36. The van der Waals surface area contributed by atoms with Crippen molar-refractivity contribution in [2.45, 2.75) is 32.1 Å². The number of rotatable bonds is 5. The van der Waals surface area contributed by atoms with Crippen LogP contribution in [0.4, 0.5) is 0 Å². The molecule has 1 heterocycles. The number of nitrogens with one attached hydrogen (secondary N) is 1. The minimum atomic E-state index is -0.804. The number of carboxylic acid groups (broad SMARTS) is 1. The normalized spacial score (nSPS) is 17.4. The van der Waals surface area contributed by atoms with Gasteiger partial charge in [-0.05, 0) is 12.8 Å². The van der Waals surface area contributed by atoms with E-state index in [0.717, 1.165) is 19.3 Å². The predicted octanol–water partition coefficient (Wildman–Crippen LogP) is 2.52. The van der Waals surface area contributed by atoms with Gasteiger partial charge in [0.05, 0.1) is 17.4 Å². The second-order valence-corrected chi connectivity index (χ2v) is 6.09. The molecule has 0 saturated heterocycles. The summed E-state index contributed by atoms with van der Waals surface area (Å²) in [4.78, 5) is 24.1. The molecule has 1 aliphatic carbocycles. The molecule has 1 amide bonds. The van der Waals surface area contributed by atoms with Gasteiger partial charge in [0, 0.05) is 18.0 Å². The molecule has 0 unspecified atom stereocenters. The zero-order valence-corrected chi connectivity index (χ0v) is 12.3. The van der Waals surface area contributed by atoms with Crippen molar-refractivity contribution in [3.05, 3.63) is 16.3 Å². The minimum absolute atomic E-state index is 0.196. The molecule has 6 heteroatoms. The average molecular weight is 297 g/mol. The lowest BCUT2D eigenvalue weighted by atomic mass is 9.74. The summed E-state index contributed by atoms with van der Waals surface area (Å²) in [6.07, 6.45) is 4.17. The number of carboxylic acids is 1. The molecule has 0 aromatic carbocycles. The second-order valence-electron chi connectivity index (χ2n) is 5.18. The van der Waals surface area contributed by atoms with Gasteiger partial charge in [-0.3, -0.25) is 9.59 Å². The van der Waals surface area contributed by atoms with Gasteiger partial charge in [-0.15, -0.1) is 11.3 Å². The Morgan fingerprint density at radius 1 is 1.40 bits per heavy atom. The van der Waals surface area contributed by atoms with Gasteiger partial charge in [-0.25, -0.2) is 0 Å². The van der Waals surface area contributed by atoms with Crippen molar-refractivity contribution >= 4 is 23.2 Å². The standard InChI is InChI=1S/C14H19NO4S/c1-19-10-7-11(20-8-10)12(16)15-9-14(13(17)18)5-3-2-4-6-14/h7-8H,2-6,9H2,1H3,(H,15,16)(H,17,18). The predicted molar refractivity (Wildman–Crippen MR) is 76.4 cm³/mol. The third kappa shape index (κ3) is 3.12. The molecule has 5 nitrogen and oxygen atoms in total. The van der Waals surface area contributed by atoms with Crippen molar-refractivity contribution in [2.24, 2.45) is 5.41 Å². The van der Waals surface area contributed by atoms with Crippen molar-refractivity contribution in [2.75, 3.05) is 13.7 Å². The van der Waals surface area contributed by atoms with Crippen LogP contribution in [-0.2, 0) is 4.79 Å². The summed E-state index contributed by atoms with van der Waals surface area (Å²) in [7, 11) is 1.55. The van der Waals surface area contributed by atoms with Crippen LogP contribution < -0.4 is 10.1 Å². The van der Waals surface area contributed by atoms with E-state index in [9.17, 15) is 14.7 Å². The summed E-state index contributed by atoms with van der Waals surface area (Å²) in [6, 6.07) is 1.66. The highest BCUT2D eigenvalue weighted by molar-refractivity contribution is 7.12. The van der Waals surface area contributed by atoms with Crippen LogP contribution >= 0.6 is 11.3 Å². The van der Waals surface area contributed by atoms with Gasteiger partial charge in [-0.2, -0.15) is 0 Å². The fourth-order valence-corrected chi connectivity index (χ4v) is 3.35. The van der Waals surface area contributed by atoms with Crippen LogP contribution in [0, 0.1) is 5.41 Å². The Hall–Kier alpha value is -1.56. The first-order valence-corrected chi connectivity index (χ1v) is 7.59. The lowest BCUT2D eigenvalue weighted by molar-refractivity contribution is -0.150. The van der Waals surface area contributed by atoms with E-state index in [1.807, 2.05) is 0 Å². The highest BCUT2D eigenvalue weighted by atomic mass is 32.1. The lowest BCUT2D eigenvalue weighted by Gasteiger charge is -2.33. The first-order valence-electron chi connectivity index (χ1n) is 6.71. The number of amides is 1. The van der Waals surface area contributed by atoms with Gasteiger partial charge in [0.25, 0.3) is 5.91 Å². The largest absolute Gasteiger partial charge is 0.496 e. The third-order valence-electron chi connectivity index (χ3n) is 3.89. The van der Waals surface area contributed by atoms with Gasteiger partial charge in [0.15, 0.2) is 0 Å². The van der Waals surface area contributed by atoms with E-state index < -0.39 is 11.4 Å². The summed E-state index contributed by atoms with van der Waals surface area (Å²) >= 11 is 1.29. The maximum Gasteiger partial charge on any atom is 0.311 e. The molecule has 20 heavy (non-hydrogen) atoms. The number of hydrogen-bond acceptors (Lipinski definition) is 4. The van der Waals surface area contributed by atoms with Crippen LogP contribution in [-0.4, -0.2) is 30.6 Å². The van der Waals surface area contributed by atoms with Gasteiger partial charge in [-0.1, -0.05) is 19.3 Å². The van der Waals surface area contributed by atoms with E-state index in [1.54, 1.807) is 18.6 Å². The summed E-state index contributed by atoms with van der Waals surface area (Å²) in [5.41, 5.74) is -0.796. The van der Waals surface area contributed by atoms with Crippen molar-refractivity contribution in [1.29, 1.82) is 0 Å². The second kappa shape index (κ2) is 6.26. The van der Waals surface area contributed by atoms with E-state index >= 15 is 0 Å². The van der Waals surface area contributed by atoms with E-state index in [0.29, 0.717) is 23.5 Å². The monoisotopic (exact) mass is 297 g/mol. The number of carbonyl (C=O) groups excluding carboxylic acids is 1. The Balaban J connectivity index is 1.98. The number of thiophene rings is 1. The molecule has 0 bridgehead atoms. The molecule has 1 aromatic rings. The van der Waals surface area contributed by atoms with Gasteiger partial charge >= 0.3 is 5.97 Å². The Kier molecular flexibility index (Phi) is 4.65. The number of carbonyl (C=O) groups is 2. The Morgan fingerprint density at radius 3 is 2.65 bits per heavy atom. The molecule has 2 rings (SSSR count). The van der Waals surface area contributed by atoms with E-state index in [1.165, 1.54) is 11.3 Å². The molecule has 0 atom stereocenters. The van der Waals surface area contributed by atoms with Crippen LogP contribution in [0.25, 0.3) is 0 Å². The lowest BCUT2D eigenvalue weighted by Crippen LogP contribution is -2.44. The zero-order chi connectivity index (χ0) is 14.6. The SMILES string of the molecule is COc1csc(C(=O)NCC2(C(=O)O)CCCCC2)c1. The summed E-state index contributed by atoms with van der Waals surface area (Å²) < 4.78 is 5.03. The Morgan fingerprint density at radius 2 is 2.10 bits per heavy atom. The molecule has 0 spiro atoms. The number of aliphatic carboxylic acids is 1. The fourth-order valence-electron chi connectivity index (χ4n) is 2.58. The number of methoxy groups -OCH3 is 1.